The summed E-state index contributed by atoms with van der Waals surface area (Å²) in [5, 5.41) is 0.966. The van der Waals surface area contributed by atoms with Gasteiger partial charge >= 0.3 is 0 Å². The first-order valence-corrected chi connectivity index (χ1v) is 8.53. The molecule has 2 atom stereocenters. The largest absolute Gasteiger partial charge is 0.0938 e. The SMILES string of the molecule is CC=C(C)C(C)CCCCC1CCSS1. The maximum atomic E-state index is 2.36. The molecule has 0 aliphatic carbocycles. The smallest absolute Gasteiger partial charge is 0.0159 e. The van der Waals surface area contributed by atoms with Crippen LogP contribution in [-0.4, -0.2) is 11.0 Å². The molecule has 0 aromatic heterocycles. The molecular weight excluding hydrogens is 220 g/mol. The molecule has 1 aliphatic heterocycles. The van der Waals surface area contributed by atoms with Gasteiger partial charge in [0.15, 0.2) is 0 Å². The summed E-state index contributed by atoms with van der Waals surface area (Å²) in [5.41, 5.74) is 1.56. The van der Waals surface area contributed by atoms with E-state index >= 15 is 0 Å². The van der Waals surface area contributed by atoms with E-state index in [0.29, 0.717) is 0 Å². The average molecular weight is 244 g/mol. The van der Waals surface area contributed by atoms with Gasteiger partial charge in [-0.25, -0.2) is 0 Å². The van der Waals surface area contributed by atoms with Gasteiger partial charge in [-0.15, -0.1) is 0 Å². The van der Waals surface area contributed by atoms with Crippen molar-refractivity contribution < 1.29 is 0 Å². The van der Waals surface area contributed by atoms with E-state index in [1.54, 1.807) is 5.57 Å². The second-order valence-corrected chi connectivity index (χ2v) is 7.33. The van der Waals surface area contributed by atoms with Crippen molar-refractivity contribution in [2.45, 2.75) is 58.1 Å². The number of unbranched alkanes of at least 4 members (excludes halogenated alkanes) is 1. The monoisotopic (exact) mass is 244 g/mol. The first kappa shape index (κ1) is 13.5. The molecule has 2 unspecified atom stereocenters. The van der Waals surface area contributed by atoms with E-state index < -0.39 is 0 Å². The minimum absolute atomic E-state index is 0.792. The summed E-state index contributed by atoms with van der Waals surface area (Å²) in [7, 11) is 4.18. The van der Waals surface area contributed by atoms with E-state index in [4.69, 9.17) is 0 Å². The van der Waals surface area contributed by atoms with Gasteiger partial charge in [-0.3, -0.25) is 0 Å². The van der Waals surface area contributed by atoms with Gasteiger partial charge in [-0.1, -0.05) is 53.0 Å². The Labute approximate surface area is 103 Å². The Hall–Kier alpha value is 0.440. The van der Waals surface area contributed by atoms with Crippen molar-refractivity contribution >= 4 is 21.6 Å². The summed E-state index contributed by atoms with van der Waals surface area (Å²) in [6, 6.07) is 0. The Morgan fingerprint density at radius 3 is 2.87 bits per heavy atom. The van der Waals surface area contributed by atoms with Crippen LogP contribution in [0.1, 0.15) is 52.9 Å². The van der Waals surface area contributed by atoms with Crippen LogP contribution in [0.15, 0.2) is 11.6 Å². The summed E-state index contributed by atoms with van der Waals surface area (Å²) in [5.74, 6) is 2.17. The maximum absolute atomic E-state index is 2.36. The van der Waals surface area contributed by atoms with Crippen LogP contribution in [0.25, 0.3) is 0 Å². The lowest BCUT2D eigenvalue weighted by atomic mass is 9.95. The van der Waals surface area contributed by atoms with Crippen LogP contribution >= 0.6 is 21.6 Å². The standard InChI is InChI=1S/C13H24S2/c1-4-11(2)12(3)7-5-6-8-13-9-10-14-15-13/h4,12-13H,5-10H2,1-3H3. The third-order valence-electron chi connectivity index (χ3n) is 3.37. The molecule has 15 heavy (non-hydrogen) atoms. The molecule has 1 heterocycles. The minimum atomic E-state index is 0.792. The normalized spacial score (nSPS) is 24.5. The second-order valence-electron chi connectivity index (χ2n) is 4.55. The lowest BCUT2D eigenvalue weighted by Crippen LogP contribution is -1.99. The molecule has 1 aliphatic rings. The van der Waals surface area contributed by atoms with Crippen molar-refractivity contribution in [1.29, 1.82) is 0 Å². The van der Waals surface area contributed by atoms with Crippen LogP contribution in [0.5, 0.6) is 0 Å². The first-order valence-electron chi connectivity index (χ1n) is 6.15. The van der Waals surface area contributed by atoms with Crippen LogP contribution in [0.3, 0.4) is 0 Å². The van der Waals surface area contributed by atoms with Gasteiger partial charge in [0.05, 0.1) is 0 Å². The summed E-state index contributed by atoms with van der Waals surface area (Å²) >= 11 is 0. The van der Waals surface area contributed by atoms with Crippen molar-refractivity contribution in [3.05, 3.63) is 11.6 Å². The van der Waals surface area contributed by atoms with Crippen molar-refractivity contribution in [1.82, 2.24) is 0 Å². The van der Waals surface area contributed by atoms with E-state index in [9.17, 15) is 0 Å². The zero-order valence-corrected chi connectivity index (χ0v) is 11.9. The molecule has 0 spiro atoms. The summed E-state index contributed by atoms with van der Waals surface area (Å²) in [4.78, 5) is 0. The molecule has 0 N–H and O–H groups in total. The molecule has 1 fully saturated rings. The van der Waals surface area contributed by atoms with Crippen LogP contribution in [0.2, 0.25) is 0 Å². The van der Waals surface area contributed by atoms with Gasteiger partial charge in [0.25, 0.3) is 0 Å². The third kappa shape index (κ3) is 5.35. The van der Waals surface area contributed by atoms with Gasteiger partial charge in [-0.2, -0.15) is 0 Å². The van der Waals surface area contributed by atoms with Crippen LogP contribution in [0.4, 0.5) is 0 Å². The molecule has 2 heteroatoms. The topological polar surface area (TPSA) is 0 Å². The minimum Gasteiger partial charge on any atom is -0.0938 e. The van der Waals surface area contributed by atoms with E-state index in [0.717, 1.165) is 11.2 Å². The average Bonchev–Trinajstić information content (AvgIpc) is 2.75. The molecular formula is C13H24S2. The van der Waals surface area contributed by atoms with Crippen molar-refractivity contribution in [3.63, 3.8) is 0 Å². The van der Waals surface area contributed by atoms with Crippen molar-refractivity contribution in [2.24, 2.45) is 5.92 Å². The van der Waals surface area contributed by atoms with Crippen LogP contribution < -0.4 is 0 Å². The molecule has 1 rings (SSSR count). The highest BCUT2D eigenvalue weighted by Gasteiger charge is 2.15. The highest BCUT2D eigenvalue weighted by molar-refractivity contribution is 8.77. The molecule has 0 saturated carbocycles. The fourth-order valence-electron chi connectivity index (χ4n) is 1.90. The van der Waals surface area contributed by atoms with Crippen molar-refractivity contribution in [3.8, 4) is 0 Å². The van der Waals surface area contributed by atoms with Crippen LogP contribution in [0, 0.1) is 5.92 Å². The summed E-state index contributed by atoms with van der Waals surface area (Å²) in [6.07, 6.45) is 9.36. The highest BCUT2D eigenvalue weighted by atomic mass is 33.1. The summed E-state index contributed by atoms with van der Waals surface area (Å²) < 4.78 is 0. The van der Waals surface area contributed by atoms with Gasteiger partial charge in [0, 0.05) is 11.0 Å². The quantitative estimate of drug-likeness (QED) is 0.353. The predicted octanol–water partition coefficient (Wildman–Crippen LogP) is 5.30. The van der Waals surface area contributed by atoms with Gasteiger partial charge in [0.2, 0.25) is 0 Å². The Bertz CT molecular complexity index is 193. The predicted molar refractivity (Wildman–Crippen MR) is 75.5 cm³/mol. The lowest BCUT2D eigenvalue weighted by molar-refractivity contribution is 0.539. The van der Waals surface area contributed by atoms with Gasteiger partial charge in [0.1, 0.15) is 0 Å². The molecule has 0 bridgehead atoms. The number of rotatable bonds is 6. The first-order chi connectivity index (χ1) is 7.24. The van der Waals surface area contributed by atoms with E-state index in [2.05, 4.69) is 48.4 Å². The molecule has 0 aromatic carbocycles. The van der Waals surface area contributed by atoms with Crippen molar-refractivity contribution in [2.75, 3.05) is 5.75 Å². The third-order valence-corrected chi connectivity index (χ3v) is 6.38. The second kappa shape index (κ2) is 7.67. The Morgan fingerprint density at radius 2 is 2.27 bits per heavy atom. The Balaban J connectivity index is 2.00. The lowest BCUT2D eigenvalue weighted by Gasteiger charge is -2.12. The van der Waals surface area contributed by atoms with E-state index in [1.165, 1.54) is 37.9 Å². The fraction of sp³-hybridized carbons (Fsp3) is 0.846. The van der Waals surface area contributed by atoms with Crippen LogP contribution in [-0.2, 0) is 0 Å². The van der Waals surface area contributed by atoms with E-state index in [-0.39, 0.29) is 0 Å². The molecule has 0 nitrogen and oxygen atoms in total. The van der Waals surface area contributed by atoms with Gasteiger partial charge in [-0.05, 0) is 39.0 Å². The number of hydrogen-bond acceptors (Lipinski definition) is 2. The zero-order valence-electron chi connectivity index (χ0n) is 10.3. The maximum Gasteiger partial charge on any atom is 0.0159 e. The Morgan fingerprint density at radius 1 is 1.47 bits per heavy atom. The molecule has 0 aromatic rings. The highest BCUT2D eigenvalue weighted by Crippen LogP contribution is 2.40. The zero-order chi connectivity index (χ0) is 11.1. The van der Waals surface area contributed by atoms with Gasteiger partial charge < -0.3 is 0 Å². The fourth-order valence-corrected chi connectivity index (χ4v) is 4.93. The molecule has 0 amide bonds. The number of allylic oxidation sites excluding steroid dienone is 2. The number of hydrogen-bond donors (Lipinski definition) is 0. The Kier molecular flexibility index (Phi) is 6.91. The summed E-state index contributed by atoms with van der Waals surface area (Å²) in [6.45, 7) is 6.77. The van der Waals surface area contributed by atoms with E-state index in [1.807, 2.05) is 0 Å². The molecule has 1 saturated heterocycles. The molecule has 88 valence electrons. The molecule has 0 radical (unpaired) electrons.